The first-order valence-electron chi connectivity index (χ1n) is 4.19. The number of allylic oxidation sites excluding steroid dienone is 5. The van der Waals surface area contributed by atoms with Crippen LogP contribution in [-0.4, -0.2) is 18.8 Å². The van der Waals surface area contributed by atoms with E-state index >= 15 is 0 Å². The SMILES string of the molecule is O=C(OCCl)OCC1=CC=CC=CC1. The van der Waals surface area contributed by atoms with Gasteiger partial charge < -0.3 is 9.47 Å². The Balaban J connectivity index is 2.30. The highest BCUT2D eigenvalue weighted by molar-refractivity contribution is 6.17. The van der Waals surface area contributed by atoms with Gasteiger partial charge in [-0.1, -0.05) is 42.0 Å². The molecule has 0 bridgehead atoms. The maximum Gasteiger partial charge on any atom is 0.509 e. The molecular weight excluding hydrogens is 204 g/mol. The first-order chi connectivity index (χ1) is 6.83. The largest absolute Gasteiger partial charge is 0.509 e. The van der Waals surface area contributed by atoms with E-state index in [1.165, 1.54) is 0 Å². The molecule has 0 aromatic heterocycles. The molecule has 0 atom stereocenters. The molecule has 1 rings (SSSR count). The van der Waals surface area contributed by atoms with Crippen molar-refractivity contribution in [3.63, 3.8) is 0 Å². The normalized spacial score (nSPS) is 14.5. The second-order valence-corrected chi connectivity index (χ2v) is 2.85. The summed E-state index contributed by atoms with van der Waals surface area (Å²) >= 11 is 5.18. The van der Waals surface area contributed by atoms with Gasteiger partial charge in [0.25, 0.3) is 0 Å². The van der Waals surface area contributed by atoms with E-state index in [4.69, 9.17) is 16.3 Å². The molecule has 0 aliphatic heterocycles. The Morgan fingerprint density at radius 2 is 2.21 bits per heavy atom. The van der Waals surface area contributed by atoms with Gasteiger partial charge in [0.05, 0.1) is 0 Å². The maximum absolute atomic E-state index is 10.8. The molecule has 1 aliphatic rings. The van der Waals surface area contributed by atoms with Crippen molar-refractivity contribution < 1.29 is 14.3 Å². The highest BCUT2D eigenvalue weighted by Crippen LogP contribution is 2.07. The summed E-state index contributed by atoms with van der Waals surface area (Å²) in [5.41, 5.74) is 1.02. The Kier molecular flexibility index (Phi) is 4.86. The van der Waals surface area contributed by atoms with Crippen LogP contribution in [0.25, 0.3) is 0 Å². The molecule has 0 saturated heterocycles. The first-order valence-corrected chi connectivity index (χ1v) is 4.73. The van der Waals surface area contributed by atoms with Gasteiger partial charge in [-0.2, -0.15) is 0 Å². The average Bonchev–Trinajstić information content (AvgIpc) is 2.43. The molecule has 0 N–H and O–H groups in total. The fourth-order valence-corrected chi connectivity index (χ4v) is 1.06. The molecule has 0 aromatic rings. The highest BCUT2D eigenvalue weighted by atomic mass is 35.5. The van der Waals surface area contributed by atoms with E-state index in [-0.39, 0.29) is 12.7 Å². The van der Waals surface area contributed by atoms with Crippen LogP contribution < -0.4 is 0 Å². The van der Waals surface area contributed by atoms with Crippen LogP contribution in [0.2, 0.25) is 0 Å². The molecule has 1 aliphatic carbocycles. The Morgan fingerprint density at radius 3 is 3.00 bits per heavy atom. The lowest BCUT2D eigenvalue weighted by Crippen LogP contribution is -2.08. The highest BCUT2D eigenvalue weighted by Gasteiger charge is 2.04. The summed E-state index contributed by atoms with van der Waals surface area (Å²) in [7, 11) is 0. The van der Waals surface area contributed by atoms with Crippen molar-refractivity contribution in [1.82, 2.24) is 0 Å². The fourth-order valence-electron chi connectivity index (χ4n) is 0.967. The van der Waals surface area contributed by atoms with Crippen LogP contribution in [-0.2, 0) is 9.47 Å². The fraction of sp³-hybridized carbons (Fsp3) is 0.300. The number of hydrogen-bond donors (Lipinski definition) is 0. The summed E-state index contributed by atoms with van der Waals surface area (Å²) in [6.45, 7) is 0.240. The number of alkyl halides is 1. The molecule has 14 heavy (non-hydrogen) atoms. The molecule has 0 heterocycles. The third-order valence-electron chi connectivity index (χ3n) is 1.62. The number of ether oxygens (including phenoxy) is 2. The third kappa shape index (κ3) is 4.14. The van der Waals surface area contributed by atoms with Gasteiger partial charge in [0.2, 0.25) is 0 Å². The Morgan fingerprint density at radius 1 is 1.36 bits per heavy atom. The molecule has 0 radical (unpaired) electrons. The minimum absolute atomic E-state index is 0.183. The molecule has 0 aromatic carbocycles. The number of halogens is 1. The van der Waals surface area contributed by atoms with Crippen molar-refractivity contribution >= 4 is 17.8 Å². The standard InChI is InChI=1S/C10H11ClO3/c11-8-14-10(12)13-7-9-5-3-1-2-4-6-9/h1-5H,6-8H2. The Labute approximate surface area is 87.6 Å². The smallest absolute Gasteiger partial charge is 0.430 e. The number of carbonyl (C=O) groups excluding carboxylic acids is 1. The van der Waals surface area contributed by atoms with Gasteiger partial charge >= 0.3 is 6.16 Å². The maximum atomic E-state index is 10.8. The van der Waals surface area contributed by atoms with Gasteiger partial charge in [-0.15, -0.1) is 0 Å². The monoisotopic (exact) mass is 214 g/mol. The zero-order valence-electron chi connectivity index (χ0n) is 7.61. The van der Waals surface area contributed by atoms with Crippen molar-refractivity contribution in [2.75, 3.05) is 12.7 Å². The molecule has 76 valence electrons. The summed E-state index contributed by atoms with van der Waals surface area (Å²) in [5.74, 6) is 0. The molecule has 4 heteroatoms. The van der Waals surface area contributed by atoms with Crippen LogP contribution in [0.1, 0.15) is 6.42 Å². The topological polar surface area (TPSA) is 35.5 Å². The van der Waals surface area contributed by atoms with Gasteiger partial charge in [-0.25, -0.2) is 4.79 Å². The third-order valence-corrected chi connectivity index (χ3v) is 1.73. The second kappa shape index (κ2) is 6.27. The summed E-state index contributed by atoms with van der Waals surface area (Å²) in [5, 5.41) is 0. The Hall–Kier alpha value is -1.22. The van der Waals surface area contributed by atoms with Gasteiger partial charge in [0.15, 0.2) is 6.07 Å². The van der Waals surface area contributed by atoms with Crippen molar-refractivity contribution in [2.45, 2.75) is 6.42 Å². The van der Waals surface area contributed by atoms with Crippen LogP contribution in [0, 0.1) is 0 Å². The van der Waals surface area contributed by atoms with Crippen molar-refractivity contribution in [1.29, 1.82) is 0 Å². The van der Waals surface area contributed by atoms with E-state index in [0.717, 1.165) is 12.0 Å². The first kappa shape index (κ1) is 10.9. The molecule has 0 saturated carbocycles. The van der Waals surface area contributed by atoms with Gasteiger partial charge in [-0.3, -0.25) is 0 Å². The summed E-state index contributed by atoms with van der Waals surface area (Å²) in [6.07, 6.45) is 9.71. The summed E-state index contributed by atoms with van der Waals surface area (Å²) in [4.78, 5) is 10.8. The summed E-state index contributed by atoms with van der Waals surface area (Å²) in [6, 6.07) is -0.183. The summed E-state index contributed by atoms with van der Waals surface area (Å²) < 4.78 is 9.20. The van der Waals surface area contributed by atoms with Crippen molar-refractivity contribution in [3.8, 4) is 0 Å². The lowest BCUT2D eigenvalue weighted by Gasteiger charge is -2.05. The molecule has 0 fully saturated rings. The molecule has 0 amide bonds. The van der Waals surface area contributed by atoms with Crippen molar-refractivity contribution in [3.05, 3.63) is 36.0 Å². The lowest BCUT2D eigenvalue weighted by molar-refractivity contribution is 0.0744. The van der Waals surface area contributed by atoms with E-state index in [9.17, 15) is 4.79 Å². The van der Waals surface area contributed by atoms with Crippen LogP contribution in [0.5, 0.6) is 0 Å². The Bertz CT molecular complexity index is 279. The number of hydrogen-bond acceptors (Lipinski definition) is 3. The van der Waals surface area contributed by atoms with Gasteiger partial charge in [0, 0.05) is 0 Å². The van der Waals surface area contributed by atoms with Crippen LogP contribution >= 0.6 is 11.6 Å². The molecular formula is C10H11ClO3. The quantitative estimate of drug-likeness (QED) is 0.535. The molecule has 0 spiro atoms. The number of rotatable bonds is 3. The van der Waals surface area contributed by atoms with Crippen LogP contribution in [0.15, 0.2) is 36.0 Å². The zero-order chi connectivity index (χ0) is 10.2. The van der Waals surface area contributed by atoms with E-state index in [2.05, 4.69) is 4.74 Å². The second-order valence-electron chi connectivity index (χ2n) is 2.63. The lowest BCUT2D eigenvalue weighted by atomic mass is 10.2. The van der Waals surface area contributed by atoms with E-state index in [0.29, 0.717) is 0 Å². The average molecular weight is 215 g/mol. The van der Waals surface area contributed by atoms with Crippen LogP contribution in [0.3, 0.4) is 0 Å². The van der Waals surface area contributed by atoms with E-state index < -0.39 is 6.16 Å². The minimum atomic E-state index is -0.738. The molecule has 0 unspecified atom stereocenters. The van der Waals surface area contributed by atoms with E-state index in [1.807, 2.05) is 30.4 Å². The van der Waals surface area contributed by atoms with Crippen LogP contribution in [0.4, 0.5) is 4.79 Å². The zero-order valence-corrected chi connectivity index (χ0v) is 8.37. The number of carbonyl (C=O) groups is 1. The predicted octanol–water partition coefficient (Wildman–Crippen LogP) is 2.78. The van der Waals surface area contributed by atoms with Crippen molar-refractivity contribution in [2.24, 2.45) is 0 Å². The molecule has 3 nitrogen and oxygen atoms in total. The predicted molar refractivity (Wildman–Crippen MR) is 54.1 cm³/mol. The minimum Gasteiger partial charge on any atom is -0.430 e. The van der Waals surface area contributed by atoms with Gasteiger partial charge in [-0.05, 0) is 12.0 Å². The van der Waals surface area contributed by atoms with E-state index in [1.54, 1.807) is 0 Å². The van der Waals surface area contributed by atoms with Gasteiger partial charge in [0.1, 0.15) is 6.61 Å².